The summed E-state index contributed by atoms with van der Waals surface area (Å²) in [7, 11) is 6.28. The Morgan fingerprint density at radius 2 is 2.12 bits per heavy atom. The molecule has 0 radical (unpaired) electrons. The molecule has 0 amide bonds. The minimum atomic E-state index is 0.734. The van der Waals surface area contributed by atoms with Crippen LogP contribution in [0.1, 0.15) is 31.2 Å². The standard InChI is InChI=1S/C13H24N4/c1-14-12-4-6-13(7-5-12)16(2)9-11-8-15-17(3)10-11/h8,10,12-14H,4-7,9H2,1-3H3. The largest absolute Gasteiger partial charge is 0.317 e. The molecule has 1 saturated carbocycles. The number of hydrogen-bond donors (Lipinski definition) is 1. The Morgan fingerprint density at radius 3 is 2.65 bits per heavy atom. The quantitative estimate of drug-likeness (QED) is 0.857. The maximum atomic E-state index is 4.22. The van der Waals surface area contributed by atoms with Crippen LogP contribution in [0.5, 0.6) is 0 Å². The molecule has 0 spiro atoms. The molecule has 0 bridgehead atoms. The van der Waals surface area contributed by atoms with Crippen LogP contribution in [0.3, 0.4) is 0 Å². The molecular formula is C13H24N4. The second-order valence-electron chi connectivity index (χ2n) is 5.23. The fraction of sp³-hybridized carbons (Fsp3) is 0.769. The van der Waals surface area contributed by atoms with Crippen molar-refractivity contribution in [3.8, 4) is 0 Å². The number of nitrogens with zero attached hydrogens (tertiary/aromatic N) is 3. The molecule has 1 aromatic rings. The molecule has 0 saturated heterocycles. The molecule has 0 aliphatic heterocycles. The molecule has 96 valence electrons. The van der Waals surface area contributed by atoms with Gasteiger partial charge < -0.3 is 5.32 Å². The maximum Gasteiger partial charge on any atom is 0.0534 e. The zero-order chi connectivity index (χ0) is 12.3. The zero-order valence-electron chi connectivity index (χ0n) is 11.2. The van der Waals surface area contributed by atoms with E-state index in [4.69, 9.17) is 0 Å². The molecule has 1 aliphatic rings. The molecular weight excluding hydrogens is 212 g/mol. The number of nitrogens with one attached hydrogen (secondary N) is 1. The molecule has 4 nitrogen and oxygen atoms in total. The lowest BCUT2D eigenvalue weighted by Gasteiger charge is -2.34. The summed E-state index contributed by atoms with van der Waals surface area (Å²) in [5.74, 6) is 0. The normalized spacial score (nSPS) is 25.4. The average Bonchev–Trinajstić information content (AvgIpc) is 2.75. The Hall–Kier alpha value is -0.870. The van der Waals surface area contributed by atoms with Crippen molar-refractivity contribution in [3.63, 3.8) is 0 Å². The van der Waals surface area contributed by atoms with E-state index in [2.05, 4.69) is 35.6 Å². The SMILES string of the molecule is CNC1CCC(N(C)Cc2cnn(C)c2)CC1. The van der Waals surface area contributed by atoms with Gasteiger partial charge in [0.15, 0.2) is 0 Å². The van der Waals surface area contributed by atoms with Gasteiger partial charge in [0.05, 0.1) is 6.20 Å². The molecule has 0 aromatic carbocycles. The van der Waals surface area contributed by atoms with E-state index >= 15 is 0 Å². The van der Waals surface area contributed by atoms with Crippen LogP contribution in [-0.2, 0) is 13.6 Å². The van der Waals surface area contributed by atoms with Gasteiger partial charge >= 0.3 is 0 Å². The smallest absolute Gasteiger partial charge is 0.0534 e. The molecule has 0 atom stereocenters. The number of hydrogen-bond acceptors (Lipinski definition) is 3. The van der Waals surface area contributed by atoms with Gasteiger partial charge in [-0.2, -0.15) is 5.10 Å². The summed E-state index contributed by atoms with van der Waals surface area (Å²) < 4.78 is 1.88. The molecule has 17 heavy (non-hydrogen) atoms. The van der Waals surface area contributed by atoms with E-state index in [1.54, 1.807) is 0 Å². The van der Waals surface area contributed by atoms with E-state index in [-0.39, 0.29) is 0 Å². The minimum absolute atomic E-state index is 0.734. The van der Waals surface area contributed by atoms with Crippen molar-refractivity contribution in [2.45, 2.75) is 44.3 Å². The van der Waals surface area contributed by atoms with Gasteiger partial charge in [0.1, 0.15) is 0 Å². The van der Waals surface area contributed by atoms with Crippen LogP contribution >= 0.6 is 0 Å². The van der Waals surface area contributed by atoms with Crippen molar-refractivity contribution in [1.29, 1.82) is 0 Å². The van der Waals surface area contributed by atoms with Crippen molar-refractivity contribution < 1.29 is 0 Å². The lowest BCUT2D eigenvalue weighted by Crippen LogP contribution is -2.39. The summed E-state index contributed by atoms with van der Waals surface area (Å²) in [6, 6.07) is 1.47. The lowest BCUT2D eigenvalue weighted by atomic mass is 9.90. The summed E-state index contributed by atoms with van der Waals surface area (Å²) >= 11 is 0. The van der Waals surface area contributed by atoms with E-state index in [1.165, 1.54) is 31.2 Å². The molecule has 2 rings (SSSR count). The first kappa shape index (κ1) is 12.6. The third-order valence-corrected chi connectivity index (χ3v) is 3.92. The third kappa shape index (κ3) is 3.30. The van der Waals surface area contributed by atoms with Crippen LogP contribution in [0.25, 0.3) is 0 Å². The van der Waals surface area contributed by atoms with Crippen LogP contribution < -0.4 is 5.32 Å². The lowest BCUT2D eigenvalue weighted by molar-refractivity contribution is 0.170. The molecule has 1 heterocycles. The first-order chi connectivity index (χ1) is 8.19. The van der Waals surface area contributed by atoms with E-state index in [1.807, 2.05) is 17.9 Å². The number of rotatable bonds is 4. The third-order valence-electron chi connectivity index (χ3n) is 3.92. The predicted octanol–water partition coefficient (Wildman–Crippen LogP) is 1.38. The first-order valence-corrected chi connectivity index (χ1v) is 6.54. The molecule has 1 aliphatic carbocycles. The Morgan fingerprint density at radius 1 is 1.41 bits per heavy atom. The second-order valence-corrected chi connectivity index (χ2v) is 5.23. The Kier molecular flexibility index (Phi) is 4.18. The van der Waals surface area contributed by atoms with Gasteiger partial charge in [0.2, 0.25) is 0 Å². The first-order valence-electron chi connectivity index (χ1n) is 6.54. The van der Waals surface area contributed by atoms with Gasteiger partial charge in [-0.25, -0.2) is 0 Å². The highest BCUT2D eigenvalue weighted by Crippen LogP contribution is 2.23. The van der Waals surface area contributed by atoms with E-state index in [0.29, 0.717) is 0 Å². The molecule has 4 heteroatoms. The van der Waals surface area contributed by atoms with Gasteiger partial charge in [-0.3, -0.25) is 9.58 Å². The molecule has 1 N–H and O–H groups in total. The van der Waals surface area contributed by atoms with Gasteiger partial charge in [-0.15, -0.1) is 0 Å². The van der Waals surface area contributed by atoms with Crippen LogP contribution in [0, 0.1) is 0 Å². The van der Waals surface area contributed by atoms with Crippen molar-refractivity contribution in [2.75, 3.05) is 14.1 Å². The fourth-order valence-corrected chi connectivity index (χ4v) is 2.78. The molecule has 1 fully saturated rings. The van der Waals surface area contributed by atoms with Crippen molar-refractivity contribution in [1.82, 2.24) is 20.0 Å². The van der Waals surface area contributed by atoms with Crippen molar-refractivity contribution in [2.24, 2.45) is 7.05 Å². The zero-order valence-corrected chi connectivity index (χ0v) is 11.2. The topological polar surface area (TPSA) is 33.1 Å². The number of aryl methyl sites for hydroxylation is 1. The highest BCUT2D eigenvalue weighted by atomic mass is 15.2. The summed E-state index contributed by atoms with van der Waals surface area (Å²) in [6.07, 6.45) is 9.30. The molecule has 1 aromatic heterocycles. The highest BCUT2D eigenvalue weighted by Gasteiger charge is 2.23. The predicted molar refractivity (Wildman–Crippen MR) is 69.8 cm³/mol. The summed E-state index contributed by atoms with van der Waals surface area (Å²) in [6.45, 7) is 1.02. The van der Waals surface area contributed by atoms with Gasteiger partial charge in [0.25, 0.3) is 0 Å². The molecule has 0 unspecified atom stereocenters. The van der Waals surface area contributed by atoms with Gasteiger partial charge in [-0.1, -0.05) is 0 Å². The second kappa shape index (κ2) is 5.65. The Balaban J connectivity index is 1.82. The van der Waals surface area contributed by atoms with Gasteiger partial charge in [0, 0.05) is 37.4 Å². The van der Waals surface area contributed by atoms with Crippen LogP contribution in [0.4, 0.5) is 0 Å². The maximum absolute atomic E-state index is 4.22. The van der Waals surface area contributed by atoms with E-state index in [9.17, 15) is 0 Å². The minimum Gasteiger partial charge on any atom is -0.317 e. The van der Waals surface area contributed by atoms with Crippen LogP contribution in [-0.4, -0.2) is 40.9 Å². The number of aromatic nitrogens is 2. The fourth-order valence-electron chi connectivity index (χ4n) is 2.78. The Labute approximate surface area is 104 Å². The van der Waals surface area contributed by atoms with Crippen LogP contribution in [0.15, 0.2) is 12.4 Å². The van der Waals surface area contributed by atoms with E-state index in [0.717, 1.165) is 18.6 Å². The van der Waals surface area contributed by atoms with Crippen molar-refractivity contribution in [3.05, 3.63) is 18.0 Å². The summed E-state index contributed by atoms with van der Waals surface area (Å²) in [5, 5.41) is 7.60. The van der Waals surface area contributed by atoms with Crippen LogP contribution in [0.2, 0.25) is 0 Å². The van der Waals surface area contributed by atoms with Crippen molar-refractivity contribution >= 4 is 0 Å². The Bertz CT molecular complexity index is 339. The monoisotopic (exact) mass is 236 g/mol. The van der Waals surface area contributed by atoms with Gasteiger partial charge in [-0.05, 0) is 39.8 Å². The van der Waals surface area contributed by atoms with E-state index < -0.39 is 0 Å². The summed E-state index contributed by atoms with van der Waals surface area (Å²) in [5.41, 5.74) is 1.31. The highest BCUT2D eigenvalue weighted by molar-refractivity contribution is 5.03. The summed E-state index contributed by atoms with van der Waals surface area (Å²) in [4.78, 5) is 2.48. The average molecular weight is 236 g/mol.